The van der Waals surface area contributed by atoms with E-state index in [0.29, 0.717) is 10.8 Å². The second-order valence-corrected chi connectivity index (χ2v) is 7.03. The summed E-state index contributed by atoms with van der Waals surface area (Å²) in [7, 11) is 0. The van der Waals surface area contributed by atoms with E-state index >= 15 is 0 Å². The standard InChI is InChI=1S/C8H9Cl2O2PS/c9-4-5-13(11,14)12-8-3-1-2-7(10)6-8/h1-3,6H,4-5H2,(H,11,14). The summed E-state index contributed by atoms with van der Waals surface area (Å²) in [5, 5.41) is 0.545. The van der Waals surface area contributed by atoms with E-state index in [9.17, 15) is 4.89 Å². The van der Waals surface area contributed by atoms with Crippen molar-refractivity contribution < 1.29 is 9.42 Å². The van der Waals surface area contributed by atoms with Gasteiger partial charge in [0.15, 0.2) is 0 Å². The van der Waals surface area contributed by atoms with Gasteiger partial charge < -0.3 is 9.42 Å². The second-order valence-electron chi connectivity index (χ2n) is 2.60. The van der Waals surface area contributed by atoms with Gasteiger partial charge in [-0.2, -0.15) is 0 Å². The lowest BCUT2D eigenvalue weighted by Gasteiger charge is -2.15. The molecular weight excluding hydrogens is 262 g/mol. The van der Waals surface area contributed by atoms with E-state index in [2.05, 4.69) is 0 Å². The van der Waals surface area contributed by atoms with E-state index in [0.717, 1.165) is 0 Å². The summed E-state index contributed by atoms with van der Waals surface area (Å²) in [6.45, 7) is -2.79. The molecule has 1 aromatic rings. The van der Waals surface area contributed by atoms with Crippen LogP contribution in [0.3, 0.4) is 0 Å². The lowest BCUT2D eigenvalue weighted by atomic mass is 10.3. The SMILES string of the molecule is OP(=S)(CCCl)Oc1cccc(Cl)c1. The van der Waals surface area contributed by atoms with Gasteiger partial charge >= 0.3 is 0 Å². The Kier molecular flexibility index (Phi) is 4.68. The number of rotatable bonds is 4. The molecule has 0 radical (unpaired) electrons. The summed E-state index contributed by atoms with van der Waals surface area (Å²) < 4.78 is 5.24. The van der Waals surface area contributed by atoms with E-state index in [1.165, 1.54) is 0 Å². The van der Waals surface area contributed by atoms with Gasteiger partial charge in [0.25, 0.3) is 0 Å². The van der Waals surface area contributed by atoms with E-state index in [1.54, 1.807) is 24.3 Å². The summed E-state index contributed by atoms with van der Waals surface area (Å²) in [4.78, 5) is 9.63. The smallest absolute Gasteiger partial charge is 0.236 e. The van der Waals surface area contributed by atoms with E-state index < -0.39 is 6.49 Å². The average molecular weight is 271 g/mol. The Morgan fingerprint density at radius 3 is 2.79 bits per heavy atom. The molecule has 0 amide bonds. The van der Waals surface area contributed by atoms with Crippen molar-refractivity contribution in [3.63, 3.8) is 0 Å². The molecule has 0 aliphatic rings. The van der Waals surface area contributed by atoms with E-state index in [-0.39, 0.29) is 12.0 Å². The van der Waals surface area contributed by atoms with Crippen LogP contribution in [0.4, 0.5) is 0 Å². The Hall–Kier alpha value is 0.210. The van der Waals surface area contributed by atoms with Gasteiger partial charge in [0.05, 0.1) is 0 Å². The molecule has 2 nitrogen and oxygen atoms in total. The number of benzene rings is 1. The zero-order valence-corrected chi connectivity index (χ0v) is 10.4. The predicted octanol–water partition coefficient (Wildman–Crippen LogP) is 3.26. The Labute approximate surface area is 98.0 Å². The van der Waals surface area contributed by atoms with Gasteiger partial charge in [0.2, 0.25) is 6.49 Å². The van der Waals surface area contributed by atoms with Crippen LogP contribution in [0.25, 0.3) is 0 Å². The molecule has 0 saturated carbocycles. The van der Waals surface area contributed by atoms with Gasteiger partial charge in [0, 0.05) is 17.1 Å². The Bertz CT molecular complexity index is 359. The summed E-state index contributed by atoms with van der Waals surface area (Å²) in [5.74, 6) is 0.766. The number of hydrogen-bond donors (Lipinski definition) is 1. The Morgan fingerprint density at radius 2 is 2.21 bits per heavy atom. The maximum atomic E-state index is 9.63. The van der Waals surface area contributed by atoms with Gasteiger partial charge in [-0.1, -0.05) is 17.7 Å². The zero-order valence-electron chi connectivity index (χ0n) is 7.19. The van der Waals surface area contributed by atoms with Crippen LogP contribution in [0.2, 0.25) is 5.02 Å². The molecule has 6 heteroatoms. The van der Waals surface area contributed by atoms with Gasteiger partial charge in [0.1, 0.15) is 5.75 Å². The minimum Gasteiger partial charge on any atom is -0.443 e. The predicted molar refractivity (Wildman–Crippen MR) is 64.2 cm³/mol. The van der Waals surface area contributed by atoms with Crippen LogP contribution >= 0.6 is 29.7 Å². The van der Waals surface area contributed by atoms with Crippen molar-refractivity contribution in [3.05, 3.63) is 29.3 Å². The molecule has 0 saturated heterocycles. The highest BCUT2D eigenvalue weighted by Crippen LogP contribution is 2.43. The average Bonchev–Trinajstić information content (AvgIpc) is 2.02. The molecule has 0 heterocycles. The monoisotopic (exact) mass is 270 g/mol. The van der Waals surface area contributed by atoms with Crippen LogP contribution in [0.5, 0.6) is 5.75 Å². The summed E-state index contributed by atoms with van der Waals surface area (Å²) in [5.41, 5.74) is 0. The molecule has 1 atom stereocenters. The molecule has 0 aliphatic heterocycles. The van der Waals surface area contributed by atoms with Gasteiger partial charge in [-0.05, 0) is 30.0 Å². The molecule has 14 heavy (non-hydrogen) atoms. The first-order valence-corrected chi connectivity index (χ1v) is 7.63. The molecule has 78 valence electrons. The largest absolute Gasteiger partial charge is 0.443 e. The number of alkyl halides is 1. The fraction of sp³-hybridized carbons (Fsp3) is 0.250. The molecule has 1 aromatic carbocycles. The van der Waals surface area contributed by atoms with Crippen molar-refractivity contribution in [1.82, 2.24) is 0 Å². The van der Waals surface area contributed by atoms with Crippen molar-refractivity contribution >= 4 is 41.5 Å². The minimum absolute atomic E-state index is 0.286. The first-order chi connectivity index (χ1) is 6.53. The van der Waals surface area contributed by atoms with Gasteiger partial charge in [-0.25, -0.2) is 0 Å². The van der Waals surface area contributed by atoms with Gasteiger partial charge in [-0.3, -0.25) is 0 Å². The Balaban J connectivity index is 2.73. The highest BCUT2D eigenvalue weighted by molar-refractivity contribution is 8.09. The third-order valence-electron chi connectivity index (χ3n) is 1.41. The zero-order chi connectivity index (χ0) is 10.6. The summed E-state index contributed by atoms with van der Waals surface area (Å²) >= 11 is 16.1. The lowest BCUT2D eigenvalue weighted by molar-refractivity contribution is 0.484. The quantitative estimate of drug-likeness (QED) is 0.673. The van der Waals surface area contributed by atoms with Crippen LogP contribution in [-0.2, 0) is 11.8 Å². The van der Waals surface area contributed by atoms with Crippen molar-refractivity contribution in [3.8, 4) is 5.75 Å². The molecule has 1 rings (SSSR count). The molecule has 0 aliphatic carbocycles. The molecule has 0 bridgehead atoms. The maximum Gasteiger partial charge on any atom is 0.236 e. The molecule has 0 fully saturated rings. The highest BCUT2D eigenvalue weighted by atomic mass is 35.5. The molecule has 1 N–H and O–H groups in total. The van der Waals surface area contributed by atoms with Crippen LogP contribution in [0, 0.1) is 0 Å². The summed E-state index contributed by atoms with van der Waals surface area (Å²) in [6.07, 6.45) is 0.288. The molecule has 0 aromatic heterocycles. The van der Waals surface area contributed by atoms with Crippen molar-refractivity contribution in [2.45, 2.75) is 0 Å². The maximum absolute atomic E-state index is 9.63. The fourth-order valence-corrected chi connectivity index (χ4v) is 3.29. The topological polar surface area (TPSA) is 29.5 Å². The van der Waals surface area contributed by atoms with Crippen LogP contribution < -0.4 is 4.52 Å². The first-order valence-electron chi connectivity index (χ1n) is 3.86. The number of halogens is 2. The van der Waals surface area contributed by atoms with Crippen molar-refractivity contribution in [1.29, 1.82) is 0 Å². The second kappa shape index (κ2) is 5.34. The first kappa shape index (κ1) is 12.3. The van der Waals surface area contributed by atoms with E-state index in [4.69, 9.17) is 39.5 Å². The van der Waals surface area contributed by atoms with Crippen LogP contribution in [-0.4, -0.2) is 16.9 Å². The molecular formula is C8H9Cl2O2PS. The number of hydrogen-bond acceptors (Lipinski definition) is 2. The lowest BCUT2D eigenvalue weighted by Crippen LogP contribution is -1.97. The van der Waals surface area contributed by atoms with E-state index in [1.807, 2.05) is 0 Å². The van der Waals surface area contributed by atoms with Crippen molar-refractivity contribution in [2.24, 2.45) is 0 Å². The van der Waals surface area contributed by atoms with Crippen LogP contribution in [0.1, 0.15) is 0 Å². The van der Waals surface area contributed by atoms with Crippen molar-refractivity contribution in [2.75, 3.05) is 12.0 Å². The minimum atomic E-state index is -2.79. The highest BCUT2D eigenvalue weighted by Gasteiger charge is 2.14. The fourth-order valence-electron chi connectivity index (χ4n) is 0.841. The van der Waals surface area contributed by atoms with Crippen LogP contribution in [0.15, 0.2) is 24.3 Å². The molecule has 1 unspecified atom stereocenters. The third kappa shape index (κ3) is 4.16. The Morgan fingerprint density at radius 1 is 1.50 bits per heavy atom. The summed E-state index contributed by atoms with van der Waals surface area (Å²) in [6, 6.07) is 6.75. The third-order valence-corrected chi connectivity index (χ3v) is 4.16. The van der Waals surface area contributed by atoms with Gasteiger partial charge in [-0.15, -0.1) is 11.6 Å². The molecule has 0 spiro atoms. The normalized spacial score (nSPS) is 14.8.